The monoisotopic (exact) mass is 283 g/mol. The van der Waals surface area contributed by atoms with Gasteiger partial charge in [0.15, 0.2) is 11.5 Å². The standard InChI is InChI=1S/C15H22ClNO2/c1-9(2)13-11(10-5-6-17-8-10)7-12(18-3)15(19-4)14(13)16/h7,9-10,17H,5-6,8H2,1-4H3. The molecule has 1 aliphatic heterocycles. The Labute approximate surface area is 120 Å². The van der Waals surface area contributed by atoms with Crippen LogP contribution in [-0.4, -0.2) is 27.3 Å². The van der Waals surface area contributed by atoms with Crippen LogP contribution in [-0.2, 0) is 0 Å². The minimum Gasteiger partial charge on any atom is -0.493 e. The summed E-state index contributed by atoms with van der Waals surface area (Å²) in [6.07, 6.45) is 1.14. The molecule has 0 amide bonds. The van der Waals surface area contributed by atoms with Crippen LogP contribution < -0.4 is 14.8 Å². The third-order valence-corrected chi connectivity index (χ3v) is 4.13. The smallest absolute Gasteiger partial charge is 0.179 e. The maximum Gasteiger partial charge on any atom is 0.179 e. The van der Waals surface area contributed by atoms with E-state index in [-0.39, 0.29) is 0 Å². The summed E-state index contributed by atoms with van der Waals surface area (Å²) in [5, 5.41) is 4.10. The molecule has 1 saturated heterocycles. The van der Waals surface area contributed by atoms with Crippen LogP contribution in [0.25, 0.3) is 0 Å². The van der Waals surface area contributed by atoms with Gasteiger partial charge in [-0.25, -0.2) is 0 Å². The summed E-state index contributed by atoms with van der Waals surface area (Å²) in [6.45, 7) is 6.40. The highest BCUT2D eigenvalue weighted by Crippen LogP contribution is 2.45. The minimum absolute atomic E-state index is 0.364. The summed E-state index contributed by atoms with van der Waals surface area (Å²) in [7, 11) is 3.28. The van der Waals surface area contributed by atoms with Crippen LogP contribution >= 0.6 is 11.6 Å². The van der Waals surface area contributed by atoms with Crippen molar-refractivity contribution >= 4 is 11.6 Å². The van der Waals surface area contributed by atoms with Gasteiger partial charge in [0.25, 0.3) is 0 Å². The molecule has 4 heteroatoms. The number of methoxy groups -OCH3 is 2. The van der Waals surface area contributed by atoms with Gasteiger partial charge < -0.3 is 14.8 Å². The van der Waals surface area contributed by atoms with Crippen molar-refractivity contribution in [1.82, 2.24) is 5.32 Å². The lowest BCUT2D eigenvalue weighted by Crippen LogP contribution is -2.11. The molecular weight excluding hydrogens is 262 g/mol. The molecule has 1 N–H and O–H groups in total. The zero-order chi connectivity index (χ0) is 14.0. The summed E-state index contributed by atoms with van der Waals surface area (Å²) >= 11 is 6.55. The van der Waals surface area contributed by atoms with Gasteiger partial charge in [0, 0.05) is 6.54 Å². The van der Waals surface area contributed by atoms with Crippen molar-refractivity contribution in [2.24, 2.45) is 0 Å². The number of benzene rings is 1. The predicted molar refractivity (Wildman–Crippen MR) is 78.9 cm³/mol. The van der Waals surface area contributed by atoms with Crippen molar-refractivity contribution in [3.8, 4) is 11.5 Å². The van der Waals surface area contributed by atoms with E-state index in [0.717, 1.165) is 25.3 Å². The molecule has 1 aromatic carbocycles. The average molecular weight is 284 g/mol. The van der Waals surface area contributed by atoms with E-state index in [2.05, 4.69) is 25.2 Å². The van der Waals surface area contributed by atoms with Gasteiger partial charge >= 0.3 is 0 Å². The van der Waals surface area contributed by atoms with E-state index < -0.39 is 0 Å². The number of nitrogens with one attached hydrogen (secondary N) is 1. The van der Waals surface area contributed by atoms with Crippen molar-refractivity contribution < 1.29 is 9.47 Å². The number of hydrogen-bond acceptors (Lipinski definition) is 3. The molecule has 1 unspecified atom stereocenters. The van der Waals surface area contributed by atoms with Crippen LogP contribution in [0.3, 0.4) is 0 Å². The largest absolute Gasteiger partial charge is 0.493 e. The molecule has 0 aromatic heterocycles. The lowest BCUT2D eigenvalue weighted by Gasteiger charge is -2.22. The van der Waals surface area contributed by atoms with Crippen LogP contribution in [0.15, 0.2) is 6.07 Å². The van der Waals surface area contributed by atoms with Crippen LogP contribution in [0.5, 0.6) is 11.5 Å². The Balaban J connectivity index is 2.59. The van der Waals surface area contributed by atoms with Crippen LogP contribution in [0.4, 0.5) is 0 Å². The van der Waals surface area contributed by atoms with Gasteiger partial charge in [0.1, 0.15) is 0 Å². The van der Waals surface area contributed by atoms with E-state index in [1.54, 1.807) is 14.2 Å². The van der Waals surface area contributed by atoms with Gasteiger partial charge in [-0.1, -0.05) is 25.4 Å². The Morgan fingerprint density at radius 3 is 2.53 bits per heavy atom. The Morgan fingerprint density at radius 1 is 1.32 bits per heavy atom. The fourth-order valence-corrected chi connectivity index (χ4v) is 3.33. The average Bonchev–Trinajstić information content (AvgIpc) is 2.90. The second kappa shape index (κ2) is 6.02. The van der Waals surface area contributed by atoms with E-state index in [0.29, 0.717) is 22.6 Å². The fourth-order valence-electron chi connectivity index (χ4n) is 2.83. The second-order valence-electron chi connectivity index (χ2n) is 5.27. The molecule has 1 fully saturated rings. The fraction of sp³-hybridized carbons (Fsp3) is 0.600. The van der Waals surface area contributed by atoms with Crippen LogP contribution in [0, 0.1) is 0 Å². The second-order valence-corrected chi connectivity index (χ2v) is 5.65. The van der Waals surface area contributed by atoms with Gasteiger partial charge in [-0.05, 0) is 42.0 Å². The number of ether oxygens (including phenoxy) is 2. The quantitative estimate of drug-likeness (QED) is 0.916. The highest BCUT2D eigenvalue weighted by molar-refractivity contribution is 6.33. The topological polar surface area (TPSA) is 30.5 Å². The first kappa shape index (κ1) is 14.5. The van der Waals surface area contributed by atoms with E-state index >= 15 is 0 Å². The Kier molecular flexibility index (Phi) is 4.58. The summed E-state index contributed by atoms with van der Waals surface area (Å²) < 4.78 is 10.8. The highest BCUT2D eigenvalue weighted by Gasteiger charge is 2.26. The van der Waals surface area contributed by atoms with Crippen LogP contribution in [0.1, 0.15) is 43.2 Å². The van der Waals surface area contributed by atoms with Gasteiger partial charge in [-0.2, -0.15) is 0 Å². The number of halogens is 1. The van der Waals surface area contributed by atoms with Gasteiger partial charge in [0.2, 0.25) is 0 Å². The first-order valence-corrected chi connectivity index (χ1v) is 7.12. The lowest BCUT2D eigenvalue weighted by atomic mass is 9.87. The zero-order valence-corrected chi connectivity index (χ0v) is 12.8. The molecule has 3 nitrogen and oxygen atoms in total. The van der Waals surface area contributed by atoms with Crippen molar-refractivity contribution in [2.75, 3.05) is 27.3 Å². The number of hydrogen-bond donors (Lipinski definition) is 1. The molecule has 1 aliphatic rings. The first-order chi connectivity index (χ1) is 9.10. The highest BCUT2D eigenvalue weighted by atomic mass is 35.5. The molecule has 0 aliphatic carbocycles. The van der Waals surface area contributed by atoms with Gasteiger partial charge in [-0.15, -0.1) is 0 Å². The molecule has 0 radical (unpaired) electrons. The molecule has 1 heterocycles. The Hall–Kier alpha value is -0.930. The van der Waals surface area contributed by atoms with Gasteiger partial charge in [0.05, 0.1) is 19.2 Å². The Morgan fingerprint density at radius 2 is 2.05 bits per heavy atom. The van der Waals surface area contributed by atoms with E-state index in [1.165, 1.54) is 11.1 Å². The first-order valence-electron chi connectivity index (χ1n) is 6.75. The predicted octanol–water partition coefficient (Wildman–Crippen LogP) is 3.56. The summed E-state index contributed by atoms with van der Waals surface area (Å²) in [5.74, 6) is 2.24. The maximum absolute atomic E-state index is 6.55. The van der Waals surface area contributed by atoms with Crippen molar-refractivity contribution in [3.63, 3.8) is 0 Å². The van der Waals surface area contributed by atoms with Gasteiger partial charge in [-0.3, -0.25) is 0 Å². The molecule has 19 heavy (non-hydrogen) atoms. The molecule has 106 valence electrons. The SMILES string of the molecule is COc1cc(C2CCNC2)c(C(C)C)c(Cl)c1OC. The van der Waals surface area contributed by atoms with E-state index in [1.807, 2.05) is 0 Å². The molecule has 1 aromatic rings. The molecule has 0 bridgehead atoms. The molecule has 0 spiro atoms. The Bertz CT molecular complexity index is 454. The number of rotatable bonds is 4. The third-order valence-electron chi connectivity index (χ3n) is 3.76. The molecule has 0 saturated carbocycles. The summed E-state index contributed by atoms with van der Waals surface area (Å²) in [4.78, 5) is 0. The summed E-state index contributed by atoms with van der Waals surface area (Å²) in [6, 6.07) is 2.09. The zero-order valence-electron chi connectivity index (χ0n) is 12.0. The minimum atomic E-state index is 0.364. The van der Waals surface area contributed by atoms with Crippen molar-refractivity contribution in [3.05, 3.63) is 22.2 Å². The van der Waals surface area contributed by atoms with E-state index in [4.69, 9.17) is 21.1 Å². The lowest BCUT2D eigenvalue weighted by molar-refractivity contribution is 0.353. The van der Waals surface area contributed by atoms with Crippen molar-refractivity contribution in [1.29, 1.82) is 0 Å². The van der Waals surface area contributed by atoms with E-state index in [9.17, 15) is 0 Å². The third kappa shape index (κ3) is 2.67. The molecule has 1 atom stereocenters. The summed E-state index contributed by atoms with van der Waals surface area (Å²) in [5.41, 5.74) is 2.48. The van der Waals surface area contributed by atoms with Crippen LogP contribution in [0.2, 0.25) is 5.02 Å². The maximum atomic E-state index is 6.55. The molecule has 2 rings (SSSR count). The normalized spacial score (nSPS) is 18.9. The van der Waals surface area contributed by atoms with Crippen molar-refractivity contribution in [2.45, 2.75) is 32.1 Å². The molecular formula is C15H22ClNO2.